The van der Waals surface area contributed by atoms with E-state index in [1.165, 1.54) is 0 Å². The first kappa shape index (κ1) is 19.3. The number of ether oxygens (including phenoxy) is 2. The molecule has 0 aliphatic carbocycles. The van der Waals surface area contributed by atoms with Gasteiger partial charge in [0.15, 0.2) is 0 Å². The zero-order chi connectivity index (χ0) is 18.8. The Bertz CT molecular complexity index is 702. The second-order valence-electron chi connectivity index (χ2n) is 6.03. The van der Waals surface area contributed by atoms with Crippen LogP contribution in [-0.2, 0) is 0 Å². The minimum absolute atomic E-state index is 0.0223. The third-order valence-electron chi connectivity index (χ3n) is 4.05. The molecule has 0 amide bonds. The molecule has 0 aliphatic heterocycles. The van der Waals surface area contributed by atoms with Gasteiger partial charge in [0.1, 0.15) is 17.3 Å². The van der Waals surface area contributed by atoms with E-state index in [4.69, 9.17) is 31.8 Å². The van der Waals surface area contributed by atoms with E-state index >= 15 is 0 Å². The molecule has 6 N–H and O–H groups in total. The summed E-state index contributed by atoms with van der Waals surface area (Å²) in [6.07, 6.45) is 2.29. The monoisotopic (exact) mass is 354 g/mol. The molecule has 2 aromatic rings. The van der Waals surface area contributed by atoms with Crippen LogP contribution in [0.3, 0.4) is 0 Å². The van der Waals surface area contributed by atoms with E-state index in [-0.39, 0.29) is 17.6 Å². The largest absolute Gasteiger partial charge is 0.494 e. The van der Waals surface area contributed by atoms with Crippen LogP contribution in [0.4, 0.5) is 0 Å². The number of hydrogen-bond donors (Lipinski definition) is 4. The van der Waals surface area contributed by atoms with Crippen LogP contribution in [0, 0.1) is 16.7 Å². The van der Waals surface area contributed by atoms with E-state index in [2.05, 4.69) is 0 Å². The normalized spacial score (nSPS) is 11.5. The van der Waals surface area contributed by atoms with Crippen LogP contribution in [0.1, 0.15) is 24.8 Å². The Labute approximate surface area is 154 Å². The number of para-hydroxylation sites is 1. The van der Waals surface area contributed by atoms with Gasteiger partial charge < -0.3 is 20.9 Å². The fraction of sp³-hybridized carbons (Fsp3) is 0.300. The summed E-state index contributed by atoms with van der Waals surface area (Å²) < 4.78 is 11.4. The maximum Gasteiger partial charge on any atom is 0.122 e. The average Bonchev–Trinajstić information content (AvgIpc) is 2.64. The van der Waals surface area contributed by atoms with Crippen LogP contribution in [0.15, 0.2) is 54.6 Å². The molecule has 6 heteroatoms. The van der Waals surface area contributed by atoms with Gasteiger partial charge in [0.25, 0.3) is 0 Å². The van der Waals surface area contributed by atoms with E-state index in [1.807, 2.05) is 30.3 Å². The number of amidine groups is 2. The first-order chi connectivity index (χ1) is 12.6. The average molecular weight is 354 g/mol. The Morgan fingerprint density at radius 1 is 0.808 bits per heavy atom. The Hall–Kier alpha value is -3.02. The number of rotatable bonds is 11. The van der Waals surface area contributed by atoms with Gasteiger partial charge in [-0.2, -0.15) is 0 Å². The third kappa shape index (κ3) is 6.47. The van der Waals surface area contributed by atoms with Crippen molar-refractivity contribution in [3.63, 3.8) is 0 Å². The fourth-order valence-electron chi connectivity index (χ4n) is 2.54. The van der Waals surface area contributed by atoms with Crippen molar-refractivity contribution in [2.75, 3.05) is 13.2 Å². The lowest BCUT2D eigenvalue weighted by Gasteiger charge is -2.16. The van der Waals surface area contributed by atoms with Crippen molar-refractivity contribution in [2.45, 2.75) is 19.3 Å². The minimum atomic E-state index is -0.0223. The molecular formula is C20H26N4O2. The second kappa shape index (κ2) is 10.1. The topological polar surface area (TPSA) is 118 Å². The zero-order valence-corrected chi connectivity index (χ0v) is 14.8. The Morgan fingerprint density at radius 3 is 2.04 bits per heavy atom. The summed E-state index contributed by atoms with van der Waals surface area (Å²) in [6.45, 7) is 1.07. The maximum absolute atomic E-state index is 7.75. The lowest BCUT2D eigenvalue weighted by atomic mass is 9.99. The van der Waals surface area contributed by atoms with Crippen molar-refractivity contribution in [3.05, 3.63) is 60.2 Å². The molecule has 0 saturated heterocycles. The van der Waals surface area contributed by atoms with Gasteiger partial charge in [0.2, 0.25) is 0 Å². The van der Waals surface area contributed by atoms with E-state index in [0.717, 1.165) is 18.6 Å². The summed E-state index contributed by atoms with van der Waals surface area (Å²) in [6, 6.07) is 16.7. The van der Waals surface area contributed by atoms with Gasteiger partial charge in [-0.1, -0.05) is 18.2 Å². The fourth-order valence-corrected chi connectivity index (χ4v) is 2.54. The van der Waals surface area contributed by atoms with E-state index < -0.39 is 0 Å². The number of nitrogens with one attached hydrogen (secondary N) is 2. The first-order valence-electron chi connectivity index (χ1n) is 8.65. The summed E-state index contributed by atoms with van der Waals surface area (Å²) in [7, 11) is 0. The third-order valence-corrected chi connectivity index (χ3v) is 4.05. The molecule has 0 spiro atoms. The highest BCUT2D eigenvalue weighted by atomic mass is 16.5. The van der Waals surface area contributed by atoms with Crippen LogP contribution >= 0.6 is 0 Å². The summed E-state index contributed by atoms with van der Waals surface area (Å²) in [5, 5.41) is 15.1. The van der Waals surface area contributed by atoms with E-state index in [1.54, 1.807) is 24.3 Å². The highest BCUT2D eigenvalue weighted by Crippen LogP contribution is 2.16. The van der Waals surface area contributed by atoms with Crippen LogP contribution in [-0.4, -0.2) is 24.9 Å². The number of hydrogen-bond acceptors (Lipinski definition) is 4. The Kier molecular flexibility index (Phi) is 7.49. The summed E-state index contributed by atoms with van der Waals surface area (Å²) in [5.74, 6) is 1.76. The molecule has 0 aliphatic rings. The van der Waals surface area contributed by atoms with Crippen molar-refractivity contribution in [2.24, 2.45) is 17.4 Å². The lowest BCUT2D eigenvalue weighted by Crippen LogP contribution is -2.24. The van der Waals surface area contributed by atoms with Gasteiger partial charge >= 0.3 is 0 Å². The molecule has 6 nitrogen and oxygen atoms in total. The van der Waals surface area contributed by atoms with E-state index in [9.17, 15) is 0 Å². The smallest absolute Gasteiger partial charge is 0.122 e. The zero-order valence-electron chi connectivity index (χ0n) is 14.8. The highest BCUT2D eigenvalue weighted by Gasteiger charge is 2.12. The van der Waals surface area contributed by atoms with Gasteiger partial charge in [-0.15, -0.1) is 0 Å². The van der Waals surface area contributed by atoms with Crippen LogP contribution in [0.5, 0.6) is 11.5 Å². The number of nitrogen functional groups attached to an aromatic ring is 1. The first-order valence-corrected chi connectivity index (χ1v) is 8.65. The molecule has 2 aromatic carbocycles. The van der Waals surface area contributed by atoms with Crippen LogP contribution in [0.2, 0.25) is 0 Å². The quantitative estimate of drug-likeness (QED) is 0.281. The van der Waals surface area contributed by atoms with Crippen molar-refractivity contribution in [1.82, 2.24) is 0 Å². The van der Waals surface area contributed by atoms with Crippen LogP contribution in [0.25, 0.3) is 0 Å². The molecule has 138 valence electrons. The SMILES string of the molecule is N=C(N)c1ccc(OCCC(CCCOc2ccccc2)C(=N)N)cc1. The molecule has 0 saturated carbocycles. The van der Waals surface area contributed by atoms with Crippen LogP contribution < -0.4 is 20.9 Å². The molecule has 1 atom stereocenters. The molecule has 0 aromatic heterocycles. The molecule has 0 bridgehead atoms. The predicted molar refractivity (Wildman–Crippen MR) is 104 cm³/mol. The lowest BCUT2D eigenvalue weighted by molar-refractivity contribution is 0.273. The Morgan fingerprint density at radius 2 is 1.42 bits per heavy atom. The minimum Gasteiger partial charge on any atom is -0.494 e. The molecular weight excluding hydrogens is 328 g/mol. The molecule has 0 fully saturated rings. The van der Waals surface area contributed by atoms with Gasteiger partial charge in [-0.3, -0.25) is 10.8 Å². The molecule has 0 radical (unpaired) electrons. The van der Waals surface area contributed by atoms with Gasteiger partial charge in [-0.25, -0.2) is 0 Å². The number of benzene rings is 2. The molecule has 2 rings (SSSR count). The Balaban J connectivity index is 1.70. The molecule has 0 heterocycles. The van der Waals surface area contributed by atoms with Crippen molar-refractivity contribution in [3.8, 4) is 11.5 Å². The number of nitrogens with two attached hydrogens (primary N) is 2. The van der Waals surface area contributed by atoms with Gasteiger partial charge in [0.05, 0.1) is 19.0 Å². The van der Waals surface area contributed by atoms with Crippen molar-refractivity contribution < 1.29 is 9.47 Å². The molecule has 26 heavy (non-hydrogen) atoms. The van der Waals surface area contributed by atoms with Gasteiger partial charge in [0, 0.05) is 11.5 Å². The predicted octanol–water partition coefficient (Wildman–Crippen LogP) is 3.15. The standard InChI is InChI=1S/C20H26N4O2/c21-19(22)15(5-4-13-25-17-6-2-1-3-7-17)12-14-26-18-10-8-16(9-11-18)20(23)24/h1-3,6-11,15H,4-5,12-14H2,(H3,21,22)(H3,23,24). The van der Waals surface area contributed by atoms with Crippen molar-refractivity contribution >= 4 is 11.7 Å². The summed E-state index contributed by atoms with van der Waals surface area (Å²) >= 11 is 0. The van der Waals surface area contributed by atoms with E-state index in [0.29, 0.717) is 30.9 Å². The molecule has 1 unspecified atom stereocenters. The second-order valence-corrected chi connectivity index (χ2v) is 6.03. The summed E-state index contributed by atoms with van der Waals surface area (Å²) in [5.41, 5.74) is 11.8. The summed E-state index contributed by atoms with van der Waals surface area (Å²) in [4.78, 5) is 0. The van der Waals surface area contributed by atoms with Crippen molar-refractivity contribution in [1.29, 1.82) is 10.8 Å². The van der Waals surface area contributed by atoms with Gasteiger partial charge in [-0.05, 0) is 55.7 Å². The highest BCUT2D eigenvalue weighted by molar-refractivity contribution is 5.94. The maximum atomic E-state index is 7.75.